The van der Waals surface area contributed by atoms with Crippen molar-refractivity contribution in [3.8, 4) is 0 Å². The summed E-state index contributed by atoms with van der Waals surface area (Å²) in [6.45, 7) is -0.286. The first kappa shape index (κ1) is 10.2. The Hall–Kier alpha value is 1.24. The summed E-state index contributed by atoms with van der Waals surface area (Å²) in [7, 11) is 0. The Labute approximate surface area is 103 Å². The van der Waals surface area contributed by atoms with E-state index in [0.29, 0.717) is 12.8 Å². The van der Waals surface area contributed by atoms with Crippen LogP contribution in [0.5, 0.6) is 0 Å². The summed E-state index contributed by atoms with van der Waals surface area (Å²) < 4.78 is 4.56. The monoisotopic (exact) mass is 200 g/mol. The molecule has 1 aliphatic rings. The van der Waals surface area contributed by atoms with E-state index in [2.05, 4.69) is 4.74 Å². The molecule has 4 heteroatoms. The molecule has 0 aromatic rings. The van der Waals surface area contributed by atoms with Crippen LogP contribution in [0.25, 0.3) is 0 Å². The first-order chi connectivity index (χ1) is 3.83. The number of cyclic esters (lactones) is 1. The van der Waals surface area contributed by atoms with Crippen molar-refractivity contribution in [2.75, 3.05) is 6.61 Å². The summed E-state index contributed by atoms with van der Waals surface area (Å²) in [5.74, 6) is -0.231. The maximum absolute atomic E-state index is 10.3. The topological polar surface area (TPSA) is 49.4 Å². The SMILES string of the molecule is O=C1CCC(C[O-])O1.[Rb+]. The van der Waals surface area contributed by atoms with E-state index in [0.717, 1.165) is 0 Å². The van der Waals surface area contributed by atoms with Crippen LogP contribution in [0.3, 0.4) is 0 Å². The Bertz CT molecular complexity index is 104. The number of ether oxygens (including phenoxy) is 1. The Balaban J connectivity index is 0.000000640. The maximum atomic E-state index is 10.3. The molecule has 0 aromatic heterocycles. The average Bonchev–Trinajstić information content (AvgIpc) is 2.14. The third-order valence-electron chi connectivity index (χ3n) is 1.15. The normalized spacial score (nSPS) is 25.0. The van der Waals surface area contributed by atoms with Gasteiger partial charge in [-0.1, -0.05) is 0 Å². The second kappa shape index (κ2) is 4.96. The third kappa shape index (κ3) is 3.23. The number of esters is 1. The van der Waals surface area contributed by atoms with Crippen LogP contribution in [0, 0.1) is 0 Å². The first-order valence-electron chi connectivity index (χ1n) is 2.60. The van der Waals surface area contributed by atoms with Gasteiger partial charge in [0.05, 0.1) is 6.10 Å². The minimum Gasteiger partial charge on any atom is -0.852 e. The van der Waals surface area contributed by atoms with Crippen molar-refractivity contribution in [1.29, 1.82) is 0 Å². The molecule has 0 aromatic carbocycles. The molecule has 0 spiro atoms. The summed E-state index contributed by atoms with van der Waals surface area (Å²) in [6, 6.07) is 0. The molecule has 1 rings (SSSR count). The van der Waals surface area contributed by atoms with Crippen molar-refractivity contribution in [2.24, 2.45) is 0 Å². The number of hydrogen-bond donors (Lipinski definition) is 0. The van der Waals surface area contributed by atoms with Gasteiger partial charge in [-0.25, -0.2) is 0 Å². The molecule has 1 heterocycles. The molecule has 1 aliphatic heterocycles. The molecule has 9 heavy (non-hydrogen) atoms. The third-order valence-corrected chi connectivity index (χ3v) is 1.15. The molecule has 0 N–H and O–H groups in total. The number of rotatable bonds is 1. The van der Waals surface area contributed by atoms with Crippen LogP contribution in [0.4, 0.5) is 0 Å². The van der Waals surface area contributed by atoms with E-state index >= 15 is 0 Å². The van der Waals surface area contributed by atoms with Gasteiger partial charge in [-0.05, 0) is 6.42 Å². The number of carbonyl (C=O) groups excluding carboxylic acids is 1. The van der Waals surface area contributed by atoms with Crippen LogP contribution in [0.15, 0.2) is 0 Å². The summed E-state index contributed by atoms with van der Waals surface area (Å²) in [5.41, 5.74) is 0. The van der Waals surface area contributed by atoms with Gasteiger partial charge in [0.15, 0.2) is 0 Å². The summed E-state index contributed by atoms with van der Waals surface area (Å²) >= 11 is 0. The van der Waals surface area contributed by atoms with Crippen molar-refractivity contribution in [3.05, 3.63) is 0 Å². The Morgan fingerprint density at radius 2 is 2.44 bits per heavy atom. The van der Waals surface area contributed by atoms with Gasteiger partial charge in [-0.15, -0.1) is 6.61 Å². The molecule has 0 aliphatic carbocycles. The largest absolute Gasteiger partial charge is 1.00 e. The second-order valence-corrected chi connectivity index (χ2v) is 1.82. The van der Waals surface area contributed by atoms with Gasteiger partial charge >= 0.3 is 64.2 Å². The summed E-state index contributed by atoms with van der Waals surface area (Å²) in [4.78, 5) is 10.3. The van der Waals surface area contributed by atoms with E-state index in [4.69, 9.17) is 0 Å². The average molecular weight is 201 g/mol. The van der Waals surface area contributed by atoms with Crippen molar-refractivity contribution >= 4 is 5.97 Å². The van der Waals surface area contributed by atoms with Crippen LogP contribution >= 0.6 is 0 Å². The molecule has 0 bridgehead atoms. The number of hydrogen-bond acceptors (Lipinski definition) is 3. The van der Waals surface area contributed by atoms with Crippen molar-refractivity contribution in [2.45, 2.75) is 18.9 Å². The molecule has 46 valence electrons. The van der Waals surface area contributed by atoms with Crippen LogP contribution in [-0.2, 0) is 9.53 Å². The molecule has 0 saturated carbocycles. The van der Waals surface area contributed by atoms with E-state index < -0.39 is 0 Å². The summed E-state index contributed by atoms with van der Waals surface area (Å²) in [5, 5.41) is 10.0. The fourth-order valence-electron chi connectivity index (χ4n) is 0.700. The van der Waals surface area contributed by atoms with Gasteiger partial charge < -0.3 is 9.84 Å². The van der Waals surface area contributed by atoms with Crippen LogP contribution in [0.1, 0.15) is 12.8 Å². The second-order valence-electron chi connectivity index (χ2n) is 1.82. The molecule has 1 atom stereocenters. The quantitative estimate of drug-likeness (QED) is 0.406. The molecule has 1 unspecified atom stereocenters. The standard InChI is InChI=1S/C5H7O3.Rb/c6-3-4-1-2-5(7)8-4;/h4H,1-3H2;/q-1;+1. The van der Waals surface area contributed by atoms with Gasteiger partial charge in [0.1, 0.15) is 0 Å². The molecular weight excluding hydrogens is 194 g/mol. The van der Waals surface area contributed by atoms with E-state index in [1.54, 1.807) is 0 Å². The predicted molar refractivity (Wildman–Crippen MR) is 24.0 cm³/mol. The minimum absolute atomic E-state index is 0. The van der Waals surface area contributed by atoms with Crippen molar-refractivity contribution in [1.82, 2.24) is 0 Å². The Morgan fingerprint density at radius 3 is 2.67 bits per heavy atom. The van der Waals surface area contributed by atoms with Gasteiger partial charge in [0.25, 0.3) is 0 Å². The van der Waals surface area contributed by atoms with Gasteiger partial charge in [0, 0.05) is 6.42 Å². The zero-order valence-electron chi connectivity index (χ0n) is 5.42. The van der Waals surface area contributed by atoms with Crippen molar-refractivity contribution in [3.63, 3.8) is 0 Å². The van der Waals surface area contributed by atoms with Gasteiger partial charge in [-0.3, -0.25) is 4.79 Å². The molecule has 1 fully saturated rings. The smallest absolute Gasteiger partial charge is 0.852 e. The fraction of sp³-hybridized carbons (Fsp3) is 0.800. The van der Waals surface area contributed by atoms with E-state index in [1.165, 1.54) is 0 Å². The van der Waals surface area contributed by atoms with Crippen LogP contribution in [0.2, 0.25) is 0 Å². The van der Waals surface area contributed by atoms with Crippen LogP contribution < -0.4 is 63.3 Å². The van der Waals surface area contributed by atoms with Gasteiger partial charge in [0.2, 0.25) is 0 Å². The van der Waals surface area contributed by atoms with Gasteiger partial charge in [-0.2, -0.15) is 0 Å². The summed E-state index contributed by atoms with van der Waals surface area (Å²) in [6.07, 6.45) is 0.706. The maximum Gasteiger partial charge on any atom is 1.00 e. The van der Waals surface area contributed by atoms with E-state index in [-0.39, 0.29) is 76.9 Å². The Morgan fingerprint density at radius 1 is 1.78 bits per heavy atom. The molecule has 1 saturated heterocycles. The molecular formula is C5H7O3Rb. The van der Waals surface area contributed by atoms with E-state index in [9.17, 15) is 9.90 Å². The zero-order valence-corrected chi connectivity index (χ0v) is 10.3. The minimum atomic E-state index is -0.331. The van der Waals surface area contributed by atoms with Crippen molar-refractivity contribution < 1.29 is 72.8 Å². The molecule has 0 amide bonds. The van der Waals surface area contributed by atoms with Crippen LogP contribution in [-0.4, -0.2) is 18.7 Å². The predicted octanol–water partition coefficient (Wildman–Crippen LogP) is -3.94. The molecule has 0 radical (unpaired) electrons. The first-order valence-corrected chi connectivity index (χ1v) is 2.60. The zero-order chi connectivity index (χ0) is 5.98. The fourth-order valence-corrected chi connectivity index (χ4v) is 0.700. The van der Waals surface area contributed by atoms with E-state index in [1.807, 2.05) is 0 Å². The number of carbonyl (C=O) groups is 1. The Kier molecular flexibility index (Phi) is 5.64. The molecule has 3 nitrogen and oxygen atoms in total.